The molecule has 1 aliphatic rings. The van der Waals surface area contributed by atoms with Gasteiger partial charge in [0.1, 0.15) is 0 Å². The molecule has 0 unspecified atom stereocenters. The fourth-order valence-corrected chi connectivity index (χ4v) is 3.26. The van der Waals surface area contributed by atoms with E-state index in [0.29, 0.717) is 11.3 Å². The van der Waals surface area contributed by atoms with Crippen LogP contribution in [0.25, 0.3) is 0 Å². The molecule has 0 heterocycles. The van der Waals surface area contributed by atoms with Crippen molar-refractivity contribution in [2.45, 2.75) is 31.2 Å². The predicted octanol–water partition coefficient (Wildman–Crippen LogP) is 4.27. The number of benzene rings is 2. The molecule has 108 valence electrons. The molecule has 2 aromatic rings. The van der Waals surface area contributed by atoms with Crippen molar-refractivity contribution in [3.63, 3.8) is 0 Å². The highest BCUT2D eigenvalue weighted by atomic mass is 16.4. The van der Waals surface area contributed by atoms with E-state index in [9.17, 15) is 9.90 Å². The van der Waals surface area contributed by atoms with E-state index >= 15 is 0 Å². The van der Waals surface area contributed by atoms with Crippen molar-refractivity contribution < 1.29 is 9.90 Å². The molecule has 0 atom stereocenters. The zero-order valence-corrected chi connectivity index (χ0v) is 11.9. The third-order valence-electron chi connectivity index (χ3n) is 4.31. The third kappa shape index (κ3) is 2.64. The van der Waals surface area contributed by atoms with Crippen molar-refractivity contribution in [3.05, 3.63) is 65.7 Å². The van der Waals surface area contributed by atoms with E-state index < -0.39 is 5.97 Å². The molecule has 3 rings (SSSR count). The Morgan fingerprint density at radius 3 is 2.24 bits per heavy atom. The Balaban J connectivity index is 1.99. The summed E-state index contributed by atoms with van der Waals surface area (Å²) in [6.45, 7) is 0. The van der Waals surface area contributed by atoms with Crippen molar-refractivity contribution in [3.8, 4) is 0 Å². The van der Waals surface area contributed by atoms with E-state index in [1.807, 2.05) is 30.3 Å². The van der Waals surface area contributed by atoms with Crippen LogP contribution >= 0.6 is 0 Å². The lowest BCUT2D eigenvalue weighted by Crippen LogP contribution is -2.32. The summed E-state index contributed by atoms with van der Waals surface area (Å²) in [5.74, 6) is -0.890. The first-order valence-corrected chi connectivity index (χ1v) is 7.37. The lowest BCUT2D eigenvalue weighted by molar-refractivity contribution is 0.0698. The van der Waals surface area contributed by atoms with Gasteiger partial charge < -0.3 is 10.4 Å². The third-order valence-corrected chi connectivity index (χ3v) is 4.31. The first kappa shape index (κ1) is 13.7. The Labute approximate surface area is 124 Å². The van der Waals surface area contributed by atoms with E-state index in [-0.39, 0.29) is 5.54 Å². The highest BCUT2D eigenvalue weighted by molar-refractivity contribution is 5.94. The average molecular weight is 281 g/mol. The minimum absolute atomic E-state index is 0.146. The topological polar surface area (TPSA) is 49.3 Å². The lowest BCUT2D eigenvalue weighted by Gasteiger charge is -2.33. The fraction of sp³-hybridized carbons (Fsp3) is 0.278. The standard InChI is InChI=1S/C18H19NO2/c20-17(21)15-10-4-5-11-16(15)19-18(12-6-7-13-18)14-8-2-1-3-9-14/h1-5,8-11,19H,6-7,12-13H2,(H,20,21). The van der Waals surface area contributed by atoms with Crippen LogP contribution in [0.3, 0.4) is 0 Å². The van der Waals surface area contributed by atoms with Crippen LogP contribution in [0.5, 0.6) is 0 Å². The summed E-state index contributed by atoms with van der Waals surface area (Å²) < 4.78 is 0. The Kier molecular flexibility index (Phi) is 3.65. The molecule has 3 heteroatoms. The van der Waals surface area contributed by atoms with Crippen LogP contribution in [0.15, 0.2) is 54.6 Å². The van der Waals surface area contributed by atoms with Gasteiger partial charge in [0.15, 0.2) is 0 Å². The number of anilines is 1. The van der Waals surface area contributed by atoms with Crippen molar-refractivity contribution in [1.82, 2.24) is 0 Å². The van der Waals surface area contributed by atoms with E-state index in [0.717, 1.165) is 25.7 Å². The van der Waals surface area contributed by atoms with Gasteiger partial charge in [-0.15, -0.1) is 0 Å². The Bertz CT molecular complexity index is 631. The van der Waals surface area contributed by atoms with Gasteiger partial charge in [-0.25, -0.2) is 4.79 Å². The number of rotatable bonds is 4. The molecule has 0 aliphatic heterocycles. The van der Waals surface area contributed by atoms with E-state index in [2.05, 4.69) is 17.4 Å². The van der Waals surface area contributed by atoms with Crippen LogP contribution in [0, 0.1) is 0 Å². The zero-order chi connectivity index (χ0) is 14.7. The van der Waals surface area contributed by atoms with Crippen LogP contribution in [0.1, 0.15) is 41.6 Å². The summed E-state index contributed by atoms with van der Waals surface area (Å²) in [4.78, 5) is 11.4. The second-order valence-electron chi connectivity index (χ2n) is 5.63. The van der Waals surface area contributed by atoms with Gasteiger partial charge in [0, 0.05) is 5.69 Å². The molecule has 3 nitrogen and oxygen atoms in total. The molecule has 21 heavy (non-hydrogen) atoms. The summed E-state index contributed by atoms with van der Waals surface area (Å²) in [7, 11) is 0. The van der Waals surface area contributed by atoms with Crippen LogP contribution in [0.2, 0.25) is 0 Å². The molecule has 2 aromatic carbocycles. The maximum Gasteiger partial charge on any atom is 0.337 e. The number of para-hydroxylation sites is 1. The van der Waals surface area contributed by atoms with Crippen LogP contribution in [0.4, 0.5) is 5.69 Å². The molecular formula is C18H19NO2. The zero-order valence-electron chi connectivity index (χ0n) is 11.9. The molecule has 2 N–H and O–H groups in total. The molecule has 0 bridgehead atoms. The maximum atomic E-state index is 11.4. The summed E-state index contributed by atoms with van der Waals surface area (Å²) in [6, 6.07) is 17.5. The minimum atomic E-state index is -0.890. The smallest absolute Gasteiger partial charge is 0.337 e. The number of carboxylic acid groups (broad SMARTS) is 1. The van der Waals surface area contributed by atoms with Gasteiger partial charge in [0.2, 0.25) is 0 Å². The summed E-state index contributed by atoms with van der Waals surface area (Å²) >= 11 is 0. The second kappa shape index (κ2) is 5.60. The number of nitrogens with one attached hydrogen (secondary N) is 1. The predicted molar refractivity (Wildman–Crippen MR) is 83.6 cm³/mol. The number of carboxylic acids is 1. The second-order valence-corrected chi connectivity index (χ2v) is 5.63. The molecule has 0 aromatic heterocycles. The molecule has 1 fully saturated rings. The number of aromatic carboxylic acids is 1. The largest absolute Gasteiger partial charge is 0.478 e. The minimum Gasteiger partial charge on any atom is -0.478 e. The molecular weight excluding hydrogens is 262 g/mol. The fourth-order valence-electron chi connectivity index (χ4n) is 3.26. The average Bonchev–Trinajstić information content (AvgIpc) is 2.98. The Morgan fingerprint density at radius 1 is 0.952 bits per heavy atom. The molecule has 0 spiro atoms. The van der Waals surface area contributed by atoms with Gasteiger partial charge in [-0.3, -0.25) is 0 Å². The van der Waals surface area contributed by atoms with Gasteiger partial charge in [-0.05, 0) is 30.5 Å². The van der Waals surface area contributed by atoms with E-state index in [1.54, 1.807) is 12.1 Å². The molecule has 1 saturated carbocycles. The number of carbonyl (C=O) groups is 1. The first-order chi connectivity index (χ1) is 10.2. The van der Waals surface area contributed by atoms with Crippen LogP contribution in [-0.2, 0) is 5.54 Å². The van der Waals surface area contributed by atoms with Gasteiger partial charge in [-0.1, -0.05) is 55.3 Å². The lowest BCUT2D eigenvalue weighted by atomic mass is 9.87. The highest BCUT2D eigenvalue weighted by Crippen LogP contribution is 2.42. The Morgan fingerprint density at radius 2 is 1.57 bits per heavy atom. The highest BCUT2D eigenvalue weighted by Gasteiger charge is 2.36. The quantitative estimate of drug-likeness (QED) is 0.880. The summed E-state index contributed by atoms with van der Waals surface area (Å²) in [6.07, 6.45) is 4.39. The van der Waals surface area contributed by atoms with Gasteiger partial charge >= 0.3 is 5.97 Å². The monoisotopic (exact) mass is 281 g/mol. The van der Waals surface area contributed by atoms with E-state index in [1.165, 1.54) is 5.56 Å². The van der Waals surface area contributed by atoms with Gasteiger partial charge in [0.25, 0.3) is 0 Å². The van der Waals surface area contributed by atoms with Crippen molar-refractivity contribution in [1.29, 1.82) is 0 Å². The normalized spacial score (nSPS) is 16.6. The van der Waals surface area contributed by atoms with Gasteiger partial charge in [-0.2, -0.15) is 0 Å². The molecule has 0 radical (unpaired) electrons. The number of hydrogen-bond donors (Lipinski definition) is 2. The van der Waals surface area contributed by atoms with Crippen LogP contribution < -0.4 is 5.32 Å². The molecule has 1 aliphatic carbocycles. The molecule has 0 amide bonds. The van der Waals surface area contributed by atoms with Gasteiger partial charge in [0.05, 0.1) is 11.1 Å². The van der Waals surface area contributed by atoms with Crippen molar-refractivity contribution in [2.24, 2.45) is 0 Å². The first-order valence-electron chi connectivity index (χ1n) is 7.37. The van der Waals surface area contributed by atoms with E-state index in [4.69, 9.17) is 0 Å². The SMILES string of the molecule is O=C(O)c1ccccc1NC1(c2ccccc2)CCCC1. The molecule has 0 saturated heterocycles. The summed E-state index contributed by atoms with van der Waals surface area (Å²) in [5, 5.41) is 12.9. The van der Waals surface area contributed by atoms with Crippen molar-refractivity contribution >= 4 is 11.7 Å². The van der Waals surface area contributed by atoms with Crippen molar-refractivity contribution in [2.75, 3.05) is 5.32 Å². The number of hydrogen-bond acceptors (Lipinski definition) is 2. The maximum absolute atomic E-state index is 11.4. The Hall–Kier alpha value is -2.29. The van der Waals surface area contributed by atoms with Crippen LogP contribution in [-0.4, -0.2) is 11.1 Å². The summed E-state index contributed by atoms with van der Waals surface area (Å²) in [5.41, 5.74) is 2.13.